The molecular weight excluding hydrogens is 344 g/mol. The highest BCUT2D eigenvalue weighted by Gasteiger charge is 2.38. The van der Waals surface area contributed by atoms with Gasteiger partial charge < -0.3 is 14.6 Å². The number of nitrogens with one attached hydrogen (secondary N) is 1. The number of hydrogen-bond donors (Lipinski definition) is 1. The standard InChI is InChI=1S/C20H22N4O3/c1-13-7-8-19(27-13)16-10-23(11-17(16)22-14(2)25)20(26)12-24-18-6-4-3-5-15(18)9-21-24/h3-9,16-17H,10-12H2,1-2H3,(H,22,25). The molecule has 1 N–H and O–H groups in total. The van der Waals surface area contributed by atoms with Crippen molar-refractivity contribution in [3.63, 3.8) is 0 Å². The van der Waals surface area contributed by atoms with Crippen molar-refractivity contribution in [1.82, 2.24) is 20.0 Å². The predicted octanol–water partition coefficient (Wildman–Crippen LogP) is 2.07. The van der Waals surface area contributed by atoms with Gasteiger partial charge in [0, 0.05) is 25.4 Å². The Labute approximate surface area is 156 Å². The first-order valence-corrected chi connectivity index (χ1v) is 9.03. The Bertz CT molecular complexity index is 990. The summed E-state index contributed by atoms with van der Waals surface area (Å²) in [6.45, 7) is 4.52. The molecule has 27 heavy (non-hydrogen) atoms. The minimum atomic E-state index is -0.161. The van der Waals surface area contributed by atoms with Crippen molar-refractivity contribution in [3.05, 3.63) is 54.1 Å². The van der Waals surface area contributed by atoms with Crippen LogP contribution in [0.2, 0.25) is 0 Å². The third-order valence-electron chi connectivity index (χ3n) is 5.02. The third kappa shape index (κ3) is 3.45. The Morgan fingerprint density at radius 3 is 2.78 bits per heavy atom. The molecule has 4 rings (SSSR count). The average molecular weight is 366 g/mol. The van der Waals surface area contributed by atoms with Gasteiger partial charge in [-0.3, -0.25) is 14.3 Å². The maximum Gasteiger partial charge on any atom is 0.244 e. The van der Waals surface area contributed by atoms with Gasteiger partial charge >= 0.3 is 0 Å². The topological polar surface area (TPSA) is 80.4 Å². The summed E-state index contributed by atoms with van der Waals surface area (Å²) < 4.78 is 7.48. The molecule has 1 fully saturated rings. The summed E-state index contributed by atoms with van der Waals surface area (Å²) in [4.78, 5) is 26.3. The smallest absolute Gasteiger partial charge is 0.244 e. The van der Waals surface area contributed by atoms with Crippen LogP contribution in [0.4, 0.5) is 0 Å². The van der Waals surface area contributed by atoms with Crippen LogP contribution in [-0.2, 0) is 16.1 Å². The van der Waals surface area contributed by atoms with Crippen molar-refractivity contribution >= 4 is 22.7 Å². The molecule has 1 aromatic carbocycles. The van der Waals surface area contributed by atoms with E-state index in [0.717, 1.165) is 22.4 Å². The van der Waals surface area contributed by atoms with Crippen LogP contribution < -0.4 is 5.32 Å². The van der Waals surface area contributed by atoms with Gasteiger partial charge in [0.2, 0.25) is 11.8 Å². The molecular formula is C20H22N4O3. The summed E-state index contributed by atoms with van der Waals surface area (Å²) in [5, 5.41) is 8.30. The lowest BCUT2D eigenvalue weighted by molar-refractivity contribution is -0.131. The molecule has 2 amide bonds. The minimum Gasteiger partial charge on any atom is -0.466 e. The lowest BCUT2D eigenvalue weighted by atomic mass is 10.0. The molecule has 0 aliphatic carbocycles. The predicted molar refractivity (Wildman–Crippen MR) is 100 cm³/mol. The number of para-hydroxylation sites is 1. The summed E-state index contributed by atoms with van der Waals surface area (Å²) in [6, 6.07) is 11.5. The number of rotatable bonds is 4. The number of furan rings is 1. The molecule has 140 valence electrons. The molecule has 0 radical (unpaired) electrons. The lowest BCUT2D eigenvalue weighted by Crippen LogP contribution is -2.39. The normalized spacial score (nSPS) is 19.6. The van der Waals surface area contributed by atoms with E-state index in [1.165, 1.54) is 6.92 Å². The number of nitrogens with zero attached hydrogens (tertiary/aromatic N) is 3. The van der Waals surface area contributed by atoms with Crippen molar-refractivity contribution in [2.24, 2.45) is 0 Å². The molecule has 7 nitrogen and oxygen atoms in total. The second-order valence-corrected chi connectivity index (χ2v) is 7.02. The fourth-order valence-corrected chi connectivity index (χ4v) is 3.74. The third-order valence-corrected chi connectivity index (χ3v) is 5.02. The molecule has 3 aromatic rings. The number of aromatic nitrogens is 2. The zero-order chi connectivity index (χ0) is 19.0. The zero-order valence-corrected chi connectivity index (χ0v) is 15.4. The van der Waals surface area contributed by atoms with Crippen LogP contribution in [0.1, 0.15) is 24.4 Å². The van der Waals surface area contributed by atoms with Crippen LogP contribution in [0.25, 0.3) is 10.9 Å². The van der Waals surface area contributed by atoms with Crippen molar-refractivity contribution < 1.29 is 14.0 Å². The number of fused-ring (bicyclic) bond motifs is 1. The van der Waals surface area contributed by atoms with Crippen molar-refractivity contribution in [1.29, 1.82) is 0 Å². The number of likely N-dealkylation sites (tertiary alicyclic amines) is 1. The van der Waals surface area contributed by atoms with Gasteiger partial charge in [-0.15, -0.1) is 0 Å². The van der Waals surface area contributed by atoms with Crippen LogP contribution in [0.3, 0.4) is 0 Å². The second kappa shape index (κ2) is 6.90. The fraction of sp³-hybridized carbons (Fsp3) is 0.350. The SMILES string of the molecule is CC(=O)NC1CN(C(=O)Cn2ncc3ccccc32)CC1c1ccc(C)o1. The fourth-order valence-electron chi connectivity index (χ4n) is 3.74. The van der Waals surface area contributed by atoms with Crippen LogP contribution in [0.15, 0.2) is 47.0 Å². The molecule has 7 heteroatoms. The van der Waals surface area contributed by atoms with Crippen molar-refractivity contribution in [2.45, 2.75) is 32.4 Å². The number of hydrogen-bond acceptors (Lipinski definition) is 4. The molecule has 1 saturated heterocycles. The number of benzene rings is 1. The minimum absolute atomic E-state index is 0.0232. The van der Waals surface area contributed by atoms with Crippen LogP contribution in [0.5, 0.6) is 0 Å². The highest BCUT2D eigenvalue weighted by Crippen LogP contribution is 2.29. The van der Waals surface area contributed by atoms with Gasteiger partial charge in [-0.05, 0) is 25.1 Å². The Morgan fingerprint density at radius 2 is 2.04 bits per heavy atom. The van der Waals surface area contributed by atoms with Gasteiger partial charge in [-0.2, -0.15) is 5.10 Å². The van der Waals surface area contributed by atoms with Gasteiger partial charge in [-0.1, -0.05) is 18.2 Å². The first-order chi connectivity index (χ1) is 13.0. The van der Waals surface area contributed by atoms with Crippen molar-refractivity contribution in [2.75, 3.05) is 13.1 Å². The van der Waals surface area contributed by atoms with E-state index in [1.54, 1.807) is 15.8 Å². The lowest BCUT2D eigenvalue weighted by Gasteiger charge is -2.17. The highest BCUT2D eigenvalue weighted by atomic mass is 16.3. The molecule has 0 spiro atoms. The van der Waals surface area contributed by atoms with Gasteiger partial charge in [0.05, 0.1) is 23.7 Å². The Kier molecular flexibility index (Phi) is 4.43. The van der Waals surface area contributed by atoms with E-state index < -0.39 is 0 Å². The van der Waals surface area contributed by atoms with Crippen LogP contribution in [-0.4, -0.2) is 45.6 Å². The van der Waals surface area contributed by atoms with Crippen molar-refractivity contribution in [3.8, 4) is 0 Å². The summed E-state index contributed by atoms with van der Waals surface area (Å²) in [6.07, 6.45) is 1.77. The van der Waals surface area contributed by atoms with E-state index in [4.69, 9.17) is 4.42 Å². The highest BCUT2D eigenvalue weighted by molar-refractivity contribution is 5.82. The van der Waals surface area contributed by atoms with Crippen LogP contribution >= 0.6 is 0 Å². The molecule has 0 saturated carbocycles. The monoisotopic (exact) mass is 366 g/mol. The summed E-state index contributed by atoms with van der Waals surface area (Å²) in [7, 11) is 0. The maximum atomic E-state index is 12.9. The average Bonchev–Trinajstić information content (AvgIpc) is 3.34. The van der Waals surface area contributed by atoms with Gasteiger partial charge in [0.25, 0.3) is 0 Å². The zero-order valence-electron chi connectivity index (χ0n) is 15.4. The molecule has 1 aliphatic heterocycles. The van der Waals surface area contributed by atoms with Gasteiger partial charge in [0.15, 0.2) is 0 Å². The van der Waals surface area contributed by atoms with Crippen LogP contribution in [0, 0.1) is 6.92 Å². The van der Waals surface area contributed by atoms with Gasteiger partial charge in [0.1, 0.15) is 18.1 Å². The van der Waals surface area contributed by atoms with E-state index in [9.17, 15) is 9.59 Å². The summed E-state index contributed by atoms with van der Waals surface area (Å²) >= 11 is 0. The van der Waals surface area contributed by atoms with Gasteiger partial charge in [-0.25, -0.2) is 0 Å². The molecule has 3 heterocycles. The van der Waals surface area contributed by atoms with E-state index in [2.05, 4.69) is 10.4 Å². The van der Waals surface area contributed by atoms with E-state index in [-0.39, 0.29) is 30.3 Å². The largest absolute Gasteiger partial charge is 0.466 e. The number of amides is 2. The summed E-state index contributed by atoms with van der Waals surface area (Å²) in [5.74, 6) is 1.43. The Hall–Kier alpha value is -3.09. The van der Waals surface area contributed by atoms with E-state index >= 15 is 0 Å². The van der Waals surface area contributed by atoms with E-state index in [0.29, 0.717) is 13.1 Å². The molecule has 1 aliphatic rings. The Morgan fingerprint density at radius 1 is 1.22 bits per heavy atom. The van der Waals surface area contributed by atoms with E-state index in [1.807, 2.05) is 43.3 Å². The molecule has 2 unspecified atom stereocenters. The number of aryl methyl sites for hydroxylation is 1. The molecule has 2 aromatic heterocycles. The first-order valence-electron chi connectivity index (χ1n) is 9.03. The Balaban J connectivity index is 1.52. The maximum absolute atomic E-state index is 12.9. The number of carbonyl (C=O) groups excluding carboxylic acids is 2. The number of carbonyl (C=O) groups is 2. The molecule has 2 atom stereocenters. The quantitative estimate of drug-likeness (QED) is 0.766. The molecule has 0 bridgehead atoms. The first kappa shape index (κ1) is 17.3. The summed E-state index contributed by atoms with van der Waals surface area (Å²) in [5.41, 5.74) is 0.932. The second-order valence-electron chi connectivity index (χ2n) is 7.02.